The van der Waals surface area contributed by atoms with Gasteiger partial charge in [0.25, 0.3) is 0 Å². The van der Waals surface area contributed by atoms with E-state index in [9.17, 15) is 0 Å². The van der Waals surface area contributed by atoms with Crippen molar-refractivity contribution in [2.75, 3.05) is 11.9 Å². The molecular weight excluding hydrogens is 306 g/mol. The van der Waals surface area contributed by atoms with E-state index in [2.05, 4.69) is 38.1 Å². The van der Waals surface area contributed by atoms with Gasteiger partial charge in [0, 0.05) is 22.4 Å². The number of anilines is 2. The Morgan fingerprint density at radius 3 is 2.89 bits per heavy atom. The summed E-state index contributed by atoms with van der Waals surface area (Å²) in [5.74, 6) is 1.12. The maximum atomic E-state index is 5.48. The second-order valence-corrected chi connectivity index (χ2v) is 5.12. The van der Waals surface area contributed by atoms with Crippen LogP contribution in [0.4, 0.5) is 11.6 Å². The van der Waals surface area contributed by atoms with E-state index < -0.39 is 0 Å². The Morgan fingerprint density at radius 1 is 1.32 bits per heavy atom. The SMILES string of the molecule is CCCOc1ccnc(Nc2cc(C)cc(Br)c2)n1. The number of hydrogen-bond donors (Lipinski definition) is 1. The van der Waals surface area contributed by atoms with Gasteiger partial charge in [-0.15, -0.1) is 0 Å². The lowest BCUT2D eigenvalue weighted by Crippen LogP contribution is -2.01. The molecule has 100 valence electrons. The molecule has 1 heterocycles. The zero-order valence-corrected chi connectivity index (χ0v) is 12.6. The van der Waals surface area contributed by atoms with Crippen LogP contribution in [-0.4, -0.2) is 16.6 Å². The first-order valence-corrected chi connectivity index (χ1v) is 6.96. The summed E-state index contributed by atoms with van der Waals surface area (Å²) >= 11 is 3.47. The zero-order chi connectivity index (χ0) is 13.7. The Bertz CT molecular complexity index is 540. The Labute approximate surface area is 121 Å². The van der Waals surface area contributed by atoms with Crippen LogP contribution in [0.1, 0.15) is 18.9 Å². The molecule has 0 atom stereocenters. The van der Waals surface area contributed by atoms with Gasteiger partial charge in [-0.2, -0.15) is 4.98 Å². The predicted octanol–water partition coefficient (Wildman–Crippen LogP) is 4.08. The minimum atomic E-state index is 0.533. The molecule has 0 saturated heterocycles. The summed E-state index contributed by atoms with van der Waals surface area (Å²) in [7, 11) is 0. The van der Waals surface area contributed by atoms with Gasteiger partial charge in [0.2, 0.25) is 11.8 Å². The maximum Gasteiger partial charge on any atom is 0.230 e. The molecule has 19 heavy (non-hydrogen) atoms. The molecule has 4 nitrogen and oxygen atoms in total. The van der Waals surface area contributed by atoms with Crippen LogP contribution in [0.5, 0.6) is 5.88 Å². The number of aromatic nitrogens is 2. The van der Waals surface area contributed by atoms with Crippen LogP contribution in [0.25, 0.3) is 0 Å². The van der Waals surface area contributed by atoms with Gasteiger partial charge in [0.1, 0.15) is 0 Å². The molecule has 0 bridgehead atoms. The van der Waals surface area contributed by atoms with Gasteiger partial charge in [-0.1, -0.05) is 22.9 Å². The highest BCUT2D eigenvalue weighted by molar-refractivity contribution is 9.10. The van der Waals surface area contributed by atoms with E-state index in [1.54, 1.807) is 12.3 Å². The van der Waals surface area contributed by atoms with Crippen LogP contribution >= 0.6 is 15.9 Å². The lowest BCUT2D eigenvalue weighted by Gasteiger charge is -2.08. The Kier molecular flexibility index (Phi) is 4.74. The third-order valence-corrected chi connectivity index (χ3v) is 2.84. The molecular formula is C14H16BrN3O. The zero-order valence-electron chi connectivity index (χ0n) is 11.0. The summed E-state index contributed by atoms with van der Waals surface area (Å²) in [5, 5.41) is 3.17. The van der Waals surface area contributed by atoms with Crippen molar-refractivity contribution in [3.8, 4) is 5.88 Å². The van der Waals surface area contributed by atoms with Crippen LogP contribution in [0, 0.1) is 6.92 Å². The van der Waals surface area contributed by atoms with Crippen LogP contribution in [0.15, 0.2) is 34.9 Å². The highest BCUT2D eigenvalue weighted by Crippen LogP contribution is 2.21. The normalized spacial score (nSPS) is 10.3. The van der Waals surface area contributed by atoms with Gasteiger partial charge in [0.05, 0.1) is 6.61 Å². The molecule has 0 aliphatic heterocycles. The number of benzene rings is 1. The maximum absolute atomic E-state index is 5.48. The summed E-state index contributed by atoms with van der Waals surface area (Å²) in [6, 6.07) is 7.82. The molecule has 0 amide bonds. The quantitative estimate of drug-likeness (QED) is 0.901. The van der Waals surface area contributed by atoms with Gasteiger partial charge in [-0.25, -0.2) is 4.98 Å². The van der Waals surface area contributed by atoms with E-state index in [4.69, 9.17) is 4.74 Å². The molecule has 0 aliphatic carbocycles. The molecule has 0 aliphatic rings. The second-order valence-electron chi connectivity index (χ2n) is 4.21. The summed E-state index contributed by atoms with van der Waals surface area (Å²) in [4.78, 5) is 8.49. The molecule has 0 unspecified atom stereocenters. The van der Waals surface area contributed by atoms with Gasteiger partial charge >= 0.3 is 0 Å². The van der Waals surface area contributed by atoms with Crippen molar-refractivity contribution < 1.29 is 4.74 Å². The minimum absolute atomic E-state index is 0.533. The fourth-order valence-corrected chi connectivity index (χ4v) is 2.23. The monoisotopic (exact) mass is 321 g/mol. The predicted molar refractivity (Wildman–Crippen MR) is 80.0 cm³/mol. The first kappa shape index (κ1) is 13.8. The van der Waals surface area contributed by atoms with E-state index in [0.29, 0.717) is 18.4 Å². The first-order valence-electron chi connectivity index (χ1n) is 6.17. The molecule has 1 aromatic heterocycles. The van der Waals surface area contributed by atoms with E-state index in [1.165, 1.54) is 0 Å². The summed E-state index contributed by atoms with van der Waals surface area (Å²) in [6.45, 7) is 4.76. The first-order chi connectivity index (χ1) is 9.17. The molecule has 0 spiro atoms. The highest BCUT2D eigenvalue weighted by Gasteiger charge is 2.02. The van der Waals surface area contributed by atoms with E-state index in [-0.39, 0.29) is 0 Å². The van der Waals surface area contributed by atoms with Crippen LogP contribution in [-0.2, 0) is 0 Å². The Hall–Kier alpha value is -1.62. The Morgan fingerprint density at radius 2 is 2.16 bits per heavy atom. The number of nitrogens with one attached hydrogen (secondary N) is 1. The number of rotatable bonds is 5. The van der Waals surface area contributed by atoms with Crippen LogP contribution in [0.2, 0.25) is 0 Å². The molecule has 0 radical (unpaired) electrons. The molecule has 2 aromatic rings. The van der Waals surface area contributed by atoms with E-state index in [0.717, 1.165) is 22.1 Å². The van der Waals surface area contributed by atoms with E-state index in [1.807, 2.05) is 25.1 Å². The van der Waals surface area contributed by atoms with Crippen molar-refractivity contribution in [2.45, 2.75) is 20.3 Å². The average molecular weight is 322 g/mol. The van der Waals surface area contributed by atoms with Crippen molar-refractivity contribution in [3.63, 3.8) is 0 Å². The largest absolute Gasteiger partial charge is 0.478 e. The van der Waals surface area contributed by atoms with Crippen molar-refractivity contribution >= 4 is 27.6 Å². The summed E-state index contributed by atoms with van der Waals surface area (Å²) in [6.07, 6.45) is 2.64. The smallest absolute Gasteiger partial charge is 0.230 e. The Balaban J connectivity index is 2.13. The third kappa shape index (κ3) is 4.21. The van der Waals surface area contributed by atoms with Gasteiger partial charge in [-0.05, 0) is 37.1 Å². The van der Waals surface area contributed by atoms with Crippen molar-refractivity contribution in [1.29, 1.82) is 0 Å². The molecule has 2 rings (SSSR count). The van der Waals surface area contributed by atoms with Crippen molar-refractivity contribution in [2.24, 2.45) is 0 Å². The topological polar surface area (TPSA) is 47.0 Å². The van der Waals surface area contributed by atoms with Crippen LogP contribution < -0.4 is 10.1 Å². The summed E-state index contributed by atoms with van der Waals surface area (Å²) < 4.78 is 6.50. The highest BCUT2D eigenvalue weighted by atomic mass is 79.9. The molecule has 1 N–H and O–H groups in total. The fourth-order valence-electron chi connectivity index (χ4n) is 1.63. The number of halogens is 1. The lowest BCUT2D eigenvalue weighted by atomic mass is 10.2. The number of aryl methyl sites for hydroxylation is 1. The molecule has 5 heteroatoms. The molecule has 0 saturated carbocycles. The van der Waals surface area contributed by atoms with Crippen LogP contribution in [0.3, 0.4) is 0 Å². The number of hydrogen-bond acceptors (Lipinski definition) is 4. The minimum Gasteiger partial charge on any atom is -0.478 e. The lowest BCUT2D eigenvalue weighted by molar-refractivity contribution is 0.305. The van der Waals surface area contributed by atoms with Crippen molar-refractivity contribution in [1.82, 2.24) is 9.97 Å². The summed E-state index contributed by atoms with van der Waals surface area (Å²) in [5.41, 5.74) is 2.11. The average Bonchev–Trinajstić information content (AvgIpc) is 2.35. The van der Waals surface area contributed by atoms with E-state index >= 15 is 0 Å². The fraction of sp³-hybridized carbons (Fsp3) is 0.286. The number of nitrogens with zero attached hydrogens (tertiary/aromatic N) is 2. The number of ether oxygens (including phenoxy) is 1. The van der Waals surface area contributed by atoms with Crippen molar-refractivity contribution in [3.05, 3.63) is 40.5 Å². The molecule has 0 fully saturated rings. The third-order valence-electron chi connectivity index (χ3n) is 2.38. The molecule has 1 aromatic carbocycles. The van der Waals surface area contributed by atoms with Gasteiger partial charge < -0.3 is 10.1 Å². The standard InChI is InChI=1S/C14H16BrN3O/c1-3-6-19-13-4-5-16-14(18-13)17-12-8-10(2)7-11(15)9-12/h4-5,7-9H,3,6H2,1-2H3,(H,16,17,18). The van der Waals surface area contributed by atoms with Gasteiger partial charge in [-0.3, -0.25) is 0 Å². The van der Waals surface area contributed by atoms with Gasteiger partial charge in [0.15, 0.2) is 0 Å². The second kappa shape index (κ2) is 6.52.